The lowest BCUT2D eigenvalue weighted by molar-refractivity contribution is 0.0937. The fraction of sp³-hybridized carbons (Fsp3) is 0.167. The van der Waals surface area contributed by atoms with E-state index in [2.05, 4.69) is 22.1 Å². The lowest BCUT2D eigenvalue weighted by Gasteiger charge is -2.21. The van der Waals surface area contributed by atoms with E-state index in [1.807, 2.05) is 0 Å². The van der Waals surface area contributed by atoms with Gasteiger partial charge in [-0.1, -0.05) is 35.6 Å². The quantitative estimate of drug-likeness (QED) is 0.535. The van der Waals surface area contributed by atoms with E-state index >= 15 is 0 Å². The number of benzene rings is 2. The van der Waals surface area contributed by atoms with Crippen LogP contribution in [0.25, 0.3) is 0 Å². The van der Waals surface area contributed by atoms with E-state index in [9.17, 15) is 19.4 Å². The van der Waals surface area contributed by atoms with Crippen molar-refractivity contribution in [3.05, 3.63) is 93.5 Å². The number of halogens is 2. The van der Waals surface area contributed by atoms with Crippen molar-refractivity contribution in [3.63, 3.8) is 0 Å². The summed E-state index contributed by atoms with van der Waals surface area (Å²) in [7, 11) is 0. The highest BCUT2D eigenvalue weighted by Gasteiger charge is 2.22. The number of aromatic hydroxyl groups is 1. The summed E-state index contributed by atoms with van der Waals surface area (Å²) in [5.74, 6) is 4.17. The monoisotopic (exact) mass is 438 g/mol. The van der Waals surface area contributed by atoms with Crippen molar-refractivity contribution in [1.29, 1.82) is 0 Å². The number of nitrogens with one attached hydrogen (secondary N) is 1. The van der Waals surface area contributed by atoms with Gasteiger partial charge in [-0.15, -0.1) is 0 Å². The van der Waals surface area contributed by atoms with Gasteiger partial charge >= 0.3 is 0 Å². The topological polar surface area (TPSA) is 82.5 Å². The maximum Gasteiger partial charge on any atom is 0.270 e. The van der Waals surface area contributed by atoms with E-state index in [0.29, 0.717) is 21.8 Å². The molecule has 0 spiro atoms. The first-order valence-electron chi connectivity index (χ1n) is 9.46. The summed E-state index contributed by atoms with van der Waals surface area (Å²) in [6, 6.07) is 12.5. The molecule has 1 heterocycles. The Hall–Kier alpha value is -3.40. The molecule has 3 aromatic rings. The number of pyridine rings is 1. The minimum Gasteiger partial charge on any atom is -0.508 e. The SMILES string of the molecule is Cc1cc(C#C[C@H](C)O)cc(C(=O)NC(c2ccc(Cl)cc2)c2cc(F)ccc2O)n1. The van der Waals surface area contributed by atoms with Crippen LogP contribution in [-0.2, 0) is 0 Å². The van der Waals surface area contributed by atoms with Crippen molar-refractivity contribution in [2.24, 2.45) is 0 Å². The second kappa shape index (κ2) is 9.61. The van der Waals surface area contributed by atoms with Crippen LogP contribution in [0.2, 0.25) is 5.02 Å². The van der Waals surface area contributed by atoms with Gasteiger partial charge in [0.25, 0.3) is 5.91 Å². The first-order chi connectivity index (χ1) is 14.7. The molecule has 7 heteroatoms. The summed E-state index contributed by atoms with van der Waals surface area (Å²) in [5, 5.41) is 23.0. The summed E-state index contributed by atoms with van der Waals surface area (Å²) < 4.78 is 13.9. The highest BCUT2D eigenvalue weighted by Crippen LogP contribution is 2.31. The molecule has 0 saturated carbocycles. The Bertz CT molecular complexity index is 1170. The lowest BCUT2D eigenvalue weighted by Crippen LogP contribution is -2.30. The van der Waals surface area contributed by atoms with E-state index in [-0.39, 0.29) is 17.0 Å². The van der Waals surface area contributed by atoms with Gasteiger partial charge < -0.3 is 15.5 Å². The van der Waals surface area contributed by atoms with Gasteiger partial charge in [0, 0.05) is 21.8 Å². The minimum atomic E-state index is -0.852. The number of hydrogen-bond acceptors (Lipinski definition) is 4. The summed E-state index contributed by atoms with van der Waals surface area (Å²) >= 11 is 5.97. The Kier molecular flexibility index (Phi) is 6.91. The average Bonchev–Trinajstić information content (AvgIpc) is 2.72. The predicted octanol–water partition coefficient (Wildman–Crippen LogP) is 4.14. The molecule has 2 aromatic carbocycles. The largest absolute Gasteiger partial charge is 0.508 e. The lowest BCUT2D eigenvalue weighted by atomic mass is 9.97. The Labute approximate surface area is 184 Å². The molecular weight excluding hydrogens is 419 g/mol. The van der Waals surface area contributed by atoms with Gasteiger partial charge in [0.1, 0.15) is 23.4 Å². The normalized spacial score (nSPS) is 12.4. The number of aliphatic hydroxyl groups is 1. The smallest absolute Gasteiger partial charge is 0.270 e. The number of aryl methyl sites for hydroxylation is 1. The third-order valence-corrected chi connectivity index (χ3v) is 4.64. The Morgan fingerprint density at radius 2 is 1.87 bits per heavy atom. The molecule has 0 bridgehead atoms. The second-order valence-corrected chi connectivity index (χ2v) is 7.43. The second-order valence-electron chi connectivity index (χ2n) is 6.99. The van der Waals surface area contributed by atoms with Gasteiger partial charge in [0.2, 0.25) is 0 Å². The molecule has 0 saturated heterocycles. The number of aromatic nitrogens is 1. The number of hydrogen-bond donors (Lipinski definition) is 3. The summed E-state index contributed by atoms with van der Waals surface area (Å²) in [6.07, 6.45) is -0.809. The Balaban J connectivity index is 2.00. The van der Waals surface area contributed by atoms with Gasteiger partial charge in [0.05, 0.1) is 6.04 Å². The highest BCUT2D eigenvalue weighted by atomic mass is 35.5. The molecule has 0 aliphatic carbocycles. The Morgan fingerprint density at radius 3 is 2.55 bits per heavy atom. The molecule has 0 fully saturated rings. The molecule has 5 nitrogen and oxygen atoms in total. The molecule has 3 N–H and O–H groups in total. The molecule has 31 heavy (non-hydrogen) atoms. The van der Waals surface area contributed by atoms with Crippen molar-refractivity contribution in [1.82, 2.24) is 10.3 Å². The highest BCUT2D eigenvalue weighted by molar-refractivity contribution is 6.30. The molecule has 158 valence electrons. The van der Waals surface area contributed by atoms with Crippen LogP contribution >= 0.6 is 11.6 Å². The van der Waals surface area contributed by atoms with Crippen molar-refractivity contribution >= 4 is 17.5 Å². The number of carbonyl (C=O) groups is 1. The van der Waals surface area contributed by atoms with Crippen LogP contribution in [0.1, 0.15) is 45.8 Å². The number of amides is 1. The van der Waals surface area contributed by atoms with Crippen LogP contribution in [0, 0.1) is 24.6 Å². The standard InChI is InChI=1S/C24H20ClFN2O3/c1-14-11-16(4-3-15(2)29)12-21(27-14)24(31)28-23(17-5-7-18(25)8-6-17)20-13-19(26)9-10-22(20)30/h5-13,15,23,29-30H,1-2H3,(H,28,31)/t15-,23?/m0/s1. The molecule has 0 radical (unpaired) electrons. The van der Waals surface area contributed by atoms with Crippen LogP contribution in [0.5, 0.6) is 5.75 Å². The van der Waals surface area contributed by atoms with E-state index < -0.39 is 23.9 Å². The maximum absolute atomic E-state index is 13.9. The van der Waals surface area contributed by atoms with E-state index in [1.54, 1.807) is 37.3 Å². The van der Waals surface area contributed by atoms with Crippen LogP contribution in [0.3, 0.4) is 0 Å². The molecule has 2 atom stereocenters. The van der Waals surface area contributed by atoms with Gasteiger partial charge in [-0.25, -0.2) is 9.37 Å². The predicted molar refractivity (Wildman–Crippen MR) is 116 cm³/mol. The van der Waals surface area contributed by atoms with Gasteiger partial charge in [-0.2, -0.15) is 0 Å². The molecule has 1 aromatic heterocycles. The van der Waals surface area contributed by atoms with Crippen molar-refractivity contribution in [3.8, 4) is 17.6 Å². The first-order valence-corrected chi connectivity index (χ1v) is 9.84. The number of rotatable bonds is 4. The number of phenols is 1. The summed E-state index contributed by atoms with van der Waals surface area (Å²) in [6.45, 7) is 3.26. The first kappa shape index (κ1) is 22.3. The van der Waals surface area contributed by atoms with Crippen LogP contribution in [0.15, 0.2) is 54.6 Å². The number of aliphatic hydroxyl groups excluding tert-OH is 1. The zero-order valence-corrected chi connectivity index (χ0v) is 17.6. The summed E-state index contributed by atoms with van der Waals surface area (Å²) in [4.78, 5) is 17.3. The van der Waals surface area contributed by atoms with E-state index in [0.717, 1.165) is 12.1 Å². The minimum absolute atomic E-state index is 0.102. The van der Waals surface area contributed by atoms with Crippen molar-refractivity contribution < 1.29 is 19.4 Å². The number of nitrogens with zero attached hydrogens (tertiary/aromatic N) is 1. The van der Waals surface area contributed by atoms with Crippen molar-refractivity contribution in [2.75, 3.05) is 0 Å². The molecule has 1 unspecified atom stereocenters. The molecule has 1 amide bonds. The number of phenolic OH excluding ortho intramolecular Hbond substituents is 1. The molecule has 0 aliphatic rings. The molecule has 0 aliphatic heterocycles. The van der Waals surface area contributed by atoms with Crippen LogP contribution in [0.4, 0.5) is 4.39 Å². The van der Waals surface area contributed by atoms with Crippen LogP contribution in [-0.4, -0.2) is 27.2 Å². The van der Waals surface area contributed by atoms with E-state index in [4.69, 9.17) is 11.6 Å². The van der Waals surface area contributed by atoms with Gasteiger partial charge in [0.15, 0.2) is 0 Å². The average molecular weight is 439 g/mol. The van der Waals surface area contributed by atoms with Crippen LogP contribution < -0.4 is 5.32 Å². The third-order valence-electron chi connectivity index (χ3n) is 4.39. The third kappa shape index (κ3) is 5.82. The van der Waals surface area contributed by atoms with Gasteiger partial charge in [-0.3, -0.25) is 4.79 Å². The zero-order chi connectivity index (χ0) is 22.5. The molecular formula is C24H20ClFN2O3. The fourth-order valence-corrected chi connectivity index (χ4v) is 3.13. The zero-order valence-electron chi connectivity index (χ0n) is 16.9. The fourth-order valence-electron chi connectivity index (χ4n) is 3.00. The van der Waals surface area contributed by atoms with Gasteiger partial charge in [-0.05, 0) is 61.9 Å². The maximum atomic E-state index is 13.9. The molecule has 3 rings (SSSR count). The van der Waals surface area contributed by atoms with Crippen molar-refractivity contribution in [2.45, 2.75) is 26.0 Å². The summed E-state index contributed by atoms with van der Waals surface area (Å²) in [5.41, 5.74) is 1.98. The Morgan fingerprint density at radius 1 is 1.16 bits per heavy atom. The number of carbonyl (C=O) groups excluding carboxylic acids is 1. The van der Waals surface area contributed by atoms with E-state index in [1.165, 1.54) is 19.1 Å².